The van der Waals surface area contributed by atoms with Crippen LogP contribution in [0.3, 0.4) is 0 Å². The summed E-state index contributed by atoms with van der Waals surface area (Å²) in [7, 11) is -2.52. The molecule has 0 bridgehead atoms. The number of ether oxygens (including phenoxy) is 2. The molecule has 15 heteroatoms. The molecule has 1 saturated heterocycles. The van der Waals surface area contributed by atoms with Crippen molar-refractivity contribution >= 4 is 21.7 Å². The fraction of sp³-hybridized carbons (Fsp3) is 0.364. The van der Waals surface area contributed by atoms with E-state index in [0.29, 0.717) is 23.6 Å². The van der Waals surface area contributed by atoms with Crippen molar-refractivity contribution in [3.05, 3.63) is 42.4 Å². The van der Waals surface area contributed by atoms with E-state index in [2.05, 4.69) is 21.8 Å². The fourth-order valence-electron chi connectivity index (χ4n) is 3.19. The number of hydrogen-bond acceptors (Lipinski definition) is 9. The summed E-state index contributed by atoms with van der Waals surface area (Å²) in [5, 5.41) is 16.2. The van der Waals surface area contributed by atoms with E-state index in [-0.39, 0.29) is 31.0 Å². The maximum absolute atomic E-state index is 13.2. The van der Waals surface area contributed by atoms with Crippen LogP contribution in [-0.2, 0) is 28.9 Å². The lowest BCUT2D eigenvalue weighted by molar-refractivity contribution is -0.192. The van der Waals surface area contributed by atoms with Gasteiger partial charge in [0, 0.05) is 25.9 Å². The number of alkyl halides is 3. The third-order valence-electron chi connectivity index (χ3n) is 5.12. The predicted molar refractivity (Wildman–Crippen MR) is 120 cm³/mol. The highest BCUT2D eigenvalue weighted by molar-refractivity contribution is 7.93. The fourth-order valence-corrected chi connectivity index (χ4v) is 5.13. The molecule has 1 amide bonds. The van der Waals surface area contributed by atoms with Gasteiger partial charge in [0.1, 0.15) is 12.3 Å². The van der Waals surface area contributed by atoms with Crippen LogP contribution < -0.4 is 5.48 Å². The molecular weight excluding hydrogens is 523 g/mol. The molecule has 37 heavy (non-hydrogen) atoms. The number of carbonyl (C=O) groups excluding carboxylic acids is 1. The Bertz CT molecular complexity index is 1250. The number of carbonyl (C=O) groups is 2. The van der Waals surface area contributed by atoms with Crippen LogP contribution in [0.15, 0.2) is 41.6 Å². The molecule has 2 heterocycles. The number of hydrogen-bond donors (Lipinski definition) is 3. The van der Waals surface area contributed by atoms with Crippen LogP contribution in [0.4, 0.5) is 13.2 Å². The third-order valence-corrected chi connectivity index (χ3v) is 7.63. The van der Waals surface area contributed by atoms with Gasteiger partial charge in [-0.05, 0) is 30.9 Å². The highest BCUT2D eigenvalue weighted by Gasteiger charge is 2.52. The zero-order valence-corrected chi connectivity index (χ0v) is 20.1. The Labute approximate surface area is 209 Å². The van der Waals surface area contributed by atoms with E-state index in [9.17, 15) is 26.4 Å². The zero-order chi connectivity index (χ0) is 27.7. The molecule has 2 aromatic rings. The monoisotopic (exact) mass is 545 g/mol. The molecule has 0 spiro atoms. The molecule has 200 valence electrons. The van der Waals surface area contributed by atoms with Gasteiger partial charge in [0.2, 0.25) is 0 Å². The number of aromatic nitrogens is 2. The van der Waals surface area contributed by atoms with Crippen LogP contribution in [0, 0.1) is 11.8 Å². The highest BCUT2D eigenvalue weighted by Crippen LogP contribution is 2.35. The maximum atomic E-state index is 13.2. The lowest BCUT2D eigenvalue weighted by Crippen LogP contribution is -2.54. The molecular formula is C22H22F3N3O8S. The summed E-state index contributed by atoms with van der Waals surface area (Å²) < 4.78 is 66.5. The van der Waals surface area contributed by atoms with Gasteiger partial charge in [0.15, 0.2) is 14.6 Å². The average Bonchev–Trinajstić information content (AvgIpc) is 2.89. The summed E-state index contributed by atoms with van der Waals surface area (Å²) in [5.41, 5.74) is 3.20. The number of rotatable bonds is 5. The second-order valence-electron chi connectivity index (χ2n) is 7.40. The standard InChI is InChI=1S/C20H21N3O6S.C2HF3O2/c1-28-10-2-3-16-13-22-18(14-21-16)15-4-6-17(7-5-15)30(26,27)20(19(24)23-25)8-11-29-12-9-20;3-2(4,5)1(6)7/h4-7,13-14,25H,8-12H2,1H3,(H,23,24);(H,6,7). The van der Waals surface area contributed by atoms with Crippen molar-refractivity contribution < 1.29 is 51.0 Å². The van der Waals surface area contributed by atoms with Crippen LogP contribution in [0.5, 0.6) is 0 Å². The predicted octanol–water partition coefficient (Wildman–Crippen LogP) is 1.60. The van der Waals surface area contributed by atoms with E-state index in [1.165, 1.54) is 23.8 Å². The first-order chi connectivity index (χ1) is 17.4. The van der Waals surface area contributed by atoms with Crippen LogP contribution in [0.2, 0.25) is 0 Å². The largest absolute Gasteiger partial charge is 0.490 e. The van der Waals surface area contributed by atoms with Crippen molar-refractivity contribution in [3.8, 4) is 23.1 Å². The second kappa shape index (κ2) is 12.6. The van der Waals surface area contributed by atoms with Gasteiger partial charge in [0.25, 0.3) is 5.91 Å². The summed E-state index contributed by atoms with van der Waals surface area (Å²) in [6.07, 6.45) is -2.11. The molecule has 1 fully saturated rings. The molecule has 1 aliphatic rings. The van der Waals surface area contributed by atoms with Crippen LogP contribution in [0.25, 0.3) is 11.3 Å². The SMILES string of the molecule is COCC#Cc1cnc(-c2ccc(S(=O)(=O)C3(C(=O)NO)CCOCC3)cc2)cn1.O=C(O)C(F)(F)F. The number of methoxy groups -OCH3 is 1. The number of sulfone groups is 1. The number of nitrogens with zero attached hydrogens (tertiary/aromatic N) is 2. The van der Waals surface area contributed by atoms with Gasteiger partial charge in [-0.1, -0.05) is 18.1 Å². The first-order valence-corrected chi connectivity index (χ1v) is 11.8. The van der Waals surface area contributed by atoms with E-state index in [1.54, 1.807) is 25.4 Å². The van der Waals surface area contributed by atoms with E-state index in [4.69, 9.17) is 24.6 Å². The Morgan fingerprint density at radius 3 is 2.22 bits per heavy atom. The second-order valence-corrected chi connectivity index (χ2v) is 9.66. The van der Waals surface area contributed by atoms with Crippen LogP contribution >= 0.6 is 0 Å². The Hall–Kier alpha value is -3.58. The summed E-state index contributed by atoms with van der Waals surface area (Å²) in [6.45, 7) is 0.515. The number of halogens is 3. The Morgan fingerprint density at radius 1 is 1.16 bits per heavy atom. The van der Waals surface area contributed by atoms with E-state index in [0.717, 1.165) is 0 Å². The van der Waals surface area contributed by atoms with Crippen molar-refractivity contribution in [2.24, 2.45) is 0 Å². The van der Waals surface area contributed by atoms with Crippen molar-refractivity contribution in [3.63, 3.8) is 0 Å². The highest BCUT2D eigenvalue weighted by atomic mass is 32.2. The zero-order valence-electron chi connectivity index (χ0n) is 19.3. The van der Waals surface area contributed by atoms with Crippen molar-refractivity contribution in [2.45, 2.75) is 28.7 Å². The first kappa shape index (κ1) is 29.6. The quantitative estimate of drug-likeness (QED) is 0.285. The molecule has 11 nitrogen and oxygen atoms in total. The Morgan fingerprint density at radius 2 is 1.76 bits per heavy atom. The van der Waals surface area contributed by atoms with Crippen LogP contribution in [-0.4, -0.2) is 78.4 Å². The molecule has 0 unspecified atom stereocenters. The number of nitrogens with one attached hydrogen (secondary N) is 1. The summed E-state index contributed by atoms with van der Waals surface area (Å²) >= 11 is 0. The summed E-state index contributed by atoms with van der Waals surface area (Å²) in [4.78, 5) is 29.7. The lowest BCUT2D eigenvalue weighted by atomic mass is 9.98. The van der Waals surface area contributed by atoms with Crippen LogP contribution in [0.1, 0.15) is 18.5 Å². The molecule has 0 aliphatic carbocycles. The van der Waals surface area contributed by atoms with Gasteiger partial charge in [-0.15, -0.1) is 0 Å². The minimum atomic E-state index is -5.08. The van der Waals surface area contributed by atoms with Crippen molar-refractivity contribution in [1.82, 2.24) is 15.4 Å². The molecule has 3 rings (SSSR count). The molecule has 0 saturated carbocycles. The minimum absolute atomic E-state index is 0.0215. The summed E-state index contributed by atoms with van der Waals surface area (Å²) in [6, 6.07) is 6.02. The molecule has 3 N–H and O–H groups in total. The number of carboxylic acid groups (broad SMARTS) is 1. The number of aliphatic carboxylic acids is 1. The maximum Gasteiger partial charge on any atom is 0.490 e. The molecule has 1 aliphatic heterocycles. The first-order valence-electron chi connectivity index (χ1n) is 10.4. The van der Waals surface area contributed by atoms with E-state index in [1.807, 2.05) is 0 Å². The van der Waals surface area contributed by atoms with Gasteiger partial charge in [-0.25, -0.2) is 23.7 Å². The van der Waals surface area contributed by atoms with Crippen molar-refractivity contribution in [2.75, 3.05) is 26.9 Å². The topological polar surface area (TPSA) is 165 Å². The minimum Gasteiger partial charge on any atom is -0.475 e. The molecule has 1 aromatic heterocycles. The normalized spacial score (nSPS) is 14.8. The summed E-state index contributed by atoms with van der Waals surface area (Å²) in [5.74, 6) is 1.89. The van der Waals surface area contributed by atoms with E-state index < -0.39 is 32.6 Å². The van der Waals surface area contributed by atoms with Gasteiger partial charge >= 0.3 is 12.1 Å². The van der Waals surface area contributed by atoms with Crippen molar-refractivity contribution in [1.29, 1.82) is 0 Å². The molecule has 1 aromatic carbocycles. The van der Waals surface area contributed by atoms with Gasteiger partial charge in [0.05, 0.1) is 23.0 Å². The average molecular weight is 545 g/mol. The van der Waals surface area contributed by atoms with Gasteiger partial charge in [-0.2, -0.15) is 13.2 Å². The number of carboxylic acids is 1. The molecule has 0 atom stereocenters. The van der Waals surface area contributed by atoms with Gasteiger partial charge < -0.3 is 14.6 Å². The lowest BCUT2D eigenvalue weighted by Gasteiger charge is -2.34. The van der Waals surface area contributed by atoms with E-state index >= 15 is 0 Å². The molecule has 0 radical (unpaired) electrons. The Balaban J connectivity index is 0.000000604. The number of benzene rings is 1. The van der Waals surface area contributed by atoms with Gasteiger partial charge in [-0.3, -0.25) is 15.0 Å². The number of amides is 1. The smallest absolute Gasteiger partial charge is 0.475 e. The Kier molecular flexibility index (Phi) is 10.1. The number of hydroxylamine groups is 1. The third kappa shape index (κ3) is 7.23.